The van der Waals surface area contributed by atoms with Crippen LogP contribution in [0.25, 0.3) is 0 Å². The second-order valence-corrected chi connectivity index (χ2v) is 5.38. The highest BCUT2D eigenvalue weighted by atomic mass is 16.8. The van der Waals surface area contributed by atoms with Crippen LogP contribution >= 0.6 is 0 Å². The standard InChI is InChI=1S/C15H20O5/c1-15(2)19-13(14(20-15)12(18)9-16)8-11(17)10-6-4-3-5-7-10/h3-7,12-14,16,18H,8-9H2,1-2H3/t12-,13-,14-/m1/s1. The third-order valence-corrected chi connectivity index (χ3v) is 3.27. The second-order valence-electron chi connectivity index (χ2n) is 5.38. The molecule has 1 aliphatic rings. The predicted molar refractivity (Wildman–Crippen MR) is 72.3 cm³/mol. The monoisotopic (exact) mass is 280 g/mol. The van der Waals surface area contributed by atoms with E-state index in [1.807, 2.05) is 6.07 Å². The van der Waals surface area contributed by atoms with Gasteiger partial charge in [-0.05, 0) is 13.8 Å². The summed E-state index contributed by atoms with van der Waals surface area (Å²) < 4.78 is 11.2. The zero-order chi connectivity index (χ0) is 14.8. The molecule has 1 aromatic carbocycles. The maximum absolute atomic E-state index is 12.2. The Morgan fingerprint density at radius 2 is 1.95 bits per heavy atom. The van der Waals surface area contributed by atoms with Gasteiger partial charge in [-0.2, -0.15) is 0 Å². The van der Waals surface area contributed by atoms with E-state index in [4.69, 9.17) is 14.6 Å². The maximum atomic E-state index is 12.2. The van der Waals surface area contributed by atoms with Crippen molar-refractivity contribution < 1.29 is 24.5 Å². The highest BCUT2D eigenvalue weighted by Gasteiger charge is 2.45. The molecule has 3 atom stereocenters. The minimum absolute atomic E-state index is 0.0768. The minimum Gasteiger partial charge on any atom is -0.394 e. The summed E-state index contributed by atoms with van der Waals surface area (Å²) in [6.45, 7) is 3.01. The summed E-state index contributed by atoms with van der Waals surface area (Å²) in [7, 11) is 0. The molecule has 1 aliphatic heterocycles. The fourth-order valence-corrected chi connectivity index (χ4v) is 2.38. The predicted octanol–water partition coefficient (Wildman–Crippen LogP) is 1.13. The largest absolute Gasteiger partial charge is 0.394 e. The molecule has 0 bridgehead atoms. The number of benzene rings is 1. The molecule has 0 unspecified atom stereocenters. The van der Waals surface area contributed by atoms with Gasteiger partial charge in [-0.25, -0.2) is 0 Å². The number of carbonyl (C=O) groups excluding carboxylic acids is 1. The molecule has 20 heavy (non-hydrogen) atoms. The normalized spacial score (nSPS) is 26.4. The van der Waals surface area contributed by atoms with Gasteiger partial charge in [-0.3, -0.25) is 4.79 Å². The fraction of sp³-hybridized carbons (Fsp3) is 0.533. The van der Waals surface area contributed by atoms with Crippen molar-refractivity contribution >= 4 is 5.78 Å². The summed E-state index contributed by atoms with van der Waals surface area (Å²) in [5.41, 5.74) is 0.595. The minimum atomic E-state index is -1.06. The quantitative estimate of drug-likeness (QED) is 0.791. The molecule has 2 rings (SSSR count). The number of ether oxygens (including phenoxy) is 2. The zero-order valence-corrected chi connectivity index (χ0v) is 11.7. The Bertz CT molecular complexity index is 457. The van der Waals surface area contributed by atoms with Crippen molar-refractivity contribution in [2.75, 3.05) is 6.61 Å². The molecule has 0 saturated carbocycles. The van der Waals surface area contributed by atoms with Gasteiger partial charge in [0, 0.05) is 12.0 Å². The van der Waals surface area contributed by atoms with Crippen LogP contribution < -0.4 is 0 Å². The summed E-state index contributed by atoms with van der Waals surface area (Å²) >= 11 is 0. The van der Waals surface area contributed by atoms with Crippen molar-refractivity contribution in [2.24, 2.45) is 0 Å². The third-order valence-electron chi connectivity index (χ3n) is 3.27. The van der Waals surface area contributed by atoms with Crippen molar-refractivity contribution in [3.05, 3.63) is 35.9 Å². The van der Waals surface area contributed by atoms with E-state index in [-0.39, 0.29) is 12.2 Å². The molecule has 1 saturated heterocycles. The van der Waals surface area contributed by atoms with Crippen LogP contribution in [-0.2, 0) is 9.47 Å². The molecule has 0 aromatic heterocycles. The smallest absolute Gasteiger partial charge is 0.165 e. The highest BCUT2D eigenvalue weighted by Crippen LogP contribution is 2.32. The van der Waals surface area contributed by atoms with Gasteiger partial charge in [0.2, 0.25) is 0 Å². The van der Waals surface area contributed by atoms with Gasteiger partial charge in [0.25, 0.3) is 0 Å². The van der Waals surface area contributed by atoms with Crippen LogP contribution in [0.2, 0.25) is 0 Å². The summed E-state index contributed by atoms with van der Waals surface area (Å²) in [6, 6.07) is 8.90. The van der Waals surface area contributed by atoms with Gasteiger partial charge in [0.05, 0.1) is 12.7 Å². The first-order valence-electron chi connectivity index (χ1n) is 6.66. The Hall–Kier alpha value is -1.27. The molecule has 5 nitrogen and oxygen atoms in total. The summed E-state index contributed by atoms with van der Waals surface area (Å²) in [5, 5.41) is 18.8. The topological polar surface area (TPSA) is 76.0 Å². The molecule has 0 amide bonds. The molecular formula is C15H20O5. The Morgan fingerprint density at radius 3 is 2.55 bits per heavy atom. The van der Waals surface area contributed by atoms with E-state index in [2.05, 4.69) is 0 Å². The summed E-state index contributed by atoms with van der Waals surface area (Å²) in [6.07, 6.45) is -2.23. The van der Waals surface area contributed by atoms with Crippen molar-refractivity contribution in [1.82, 2.24) is 0 Å². The van der Waals surface area contributed by atoms with E-state index in [0.29, 0.717) is 5.56 Å². The first-order valence-corrected chi connectivity index (χ1v) is 6.66. The molecule has 0 spiro atoms. The van der Waals surface area contributed by atoms with Gasteiger partial charge in [-0.15, -0.1) is 0 Å². The van der Waals surface area contributed by atoms with Crippen LogP contribution in [-0.4, -0.2) is 46.7 Å². The van der Waals surface area contributed by atoms with E-state index in [1.165, 1.54) is 0 Å². The molecule has 0 aliphatic carbocycles. The van der Waals surface area contributed by atoms with Crippen LogP contribution in [0.5, 0.6) is 0 Å². The van der Waals surface area contributed by atoms with Crippen molar-refractivity contribution in [2.45, 2.75) is 44.4 Å². The molecule has 5 heteroatoms. The van der Waals surface area contributed by atoms with Gasteiger partial charge in [0.15, 0.2) is 11.6 Å². The molecule has 2 N–H and O–H groups in total. The van der Waals surface area contributed by atoms with Crippen LogP contribution in [0.1, 0.15) is 30.6 Å². The third kappa shape index (κ3) is 3.43. The van der Waals surface area contributed by atoms with Crippen molar-refractivity contribution in [1.29, 1.82) is 0 Å². The molecule has 0 radical (unpaired) electrons. The Kier molecular flexibility index (Phi) is 4.55. The molecule has 1 fully saturated rings. The lowest BCUT2D eigenvalue weighted by Crippen LogP contribution is -2.38. The number of carbonyl (C=O) groups is 1. The second kappa shape index (κ2) is 6.01. The summed E-state index contributed by atoms with van der Waals surface area (Å²) in [5.74, 6) is -0.949. The van der Waals surface area contributed by atoms with E-state index in [0.717, 1.165) is 0 Å². The molecule has 110 valence electrons. The number of aliphatic hydroxyl groups is 2. The van der Waals surface area contributed by atoms with Gasteiger partial charge in [0.1, 0.15) is 12.2 Å². The van der Waals surface area contributed by atoms with E-state index in [9.17, 15) is 9.90 Å². The van der Waals surface area contributed by atoms with Crippen molar-refractivity contribution in [3.63, 3.8) is 0 Å². The lowest BCUT2D eigenvalue weighted by atomic mass is 9.99. The van der Waals surface area contributed by atoms with Crippen LogP contribution in [0, 0.1) is 0 Å². The summed E-state index contributed by atoms with van der Waals surface area (Å²) in [4.78, 5) is 12.2. The lowest BCUT2D eigenvalue weighted by Gasteiger charge is -2.20. The average Bonchev–Trinajstić information content (AvgIpc) is 2.73. The van der Waals surface area contributed by atoms with E-state index < -0.39 is 30.7 Å². The van der Waals surface area contributed by atoms with E-state index in [1.54, 1.807) is 38.1 Å². The molecule has 1 aromatic rings. The SMILES string of the molecule is CC1(C)O[C@H]([C@H](O)CO)[C@@H](CC(=O)c2ccccc2)O1. The fourth-order valence-electron chi connectivity index (χ4n) is 2.38. The van der Waals surface area contributed by atoms with Gasteiger partial charge >= 0.3 is 0 Å². The first-order chi connectivity index (χ1) is 9.43. The first kappa shape index (κ1) is 15.1. The number of ketones is 1. The Labute approximate surface area is 118 Å². The number of Topliss-reactive ketones (excluding diaryl/α,β-unsaturated/α-hetero) is 1. The number of aliphatic hydroxyl groups excluding tert-OH is 2. The van der Waals surface area contributed by atoms with E-state index >= 15 is 0 Å². The lowest BCUT2D eigenvalue weighted by molar-refractivity contribution is -0.157. The van der Waals surface area contributed by atoms with Crippen LogP contribution in [0.4, 0.5) is 0 Å². The van der Waals surface area contributed by atoms with Crippen LogP contribution in [0.15, 0.2) is 30.3 Å². The maximum Gasteiger partial charge on any atom is 0.165 e. The number of rotatable bonds is 5. The average molecular weight is 280 g/mol. The van der Waals surface area contributed by atoms with Gasteiger partial charge < -0.3 is 19.7 Å². The highest BCUT2D eigenvalue weighted by molar-refractivity contribution is 5.96. The number of hydrogen-bond acceptors (Lipinski definition) is 5. The molecule has 1 heterocycles. The Balaban J connectivity index is 2.08. The number of hydrogen-bond donors (Lipinski definition) is 2. The van der Waals surface area contributed by atoms with Crippen molar-refractivity contribution in [3.8, 4) is 0 Å². The molecular weight excluding hydrogens is 260 g/mol. The van der Waals surface area contributed by atoms with Gasteiger partial charge in [-0.1, -0.05) is 30.3 Å². The van der Waals surface area contributed by atoms with Crippen LogP contribution in [0.3, 0.4) is 0 Å². The Morgan fingerprint density at radius 1 is 1.30 bits per heavy atom. The zero-order valence-electron chi connectivity index (χ0n) is 11.7.